The van der Waals surface area contributed by atoms with Crippen LogP contribution in [0.2, 0.25) is 0 Å². The Morgan fingerprint density at radius 2 is 1.67 bits per heavy atom. The Labute approximate surface area is 197 Å². The van der Waals surface area contributed by atoms with Gasteiger partial charge in [0.2, 0.25) is 0 Å². The van der Waals surface area contributed by atoms with Gasteiger partial charge in [-0.15, -0.1) is 0 Å². The number of ether oxygens (including phenoxy) is 1. The molecule has 7 nitrogen and oxygen atoms in total. The van der Waals surface area contributed by atoms with Crippen molar-refractivity contribution in [3.8, 4) is 11.3 Å². The van der Waals surface area contributed by atoms with E-state index in [-0.39, 0.29) is 12.0 Å². The number of rotatable bonds is 5. The highest BCUT2D eigenvalue weighted by Gasteiger charge is 2.28. The molecule has 0 unspecified atom stereocenters. The molecule has 1 saturated heterocycles. The Kier molecular flexibility index (Phi) is 7.74. The summed E-state index contributed by atoms with van der Waals surface area (Å²) in [7, 11) is 5.62. The Morgan fingerprint density at radius 3 is 2.18 bits per heavy atom. The van der Waals surface area contributed by atoms with E-state index >= 15 is 0 Å². The third-order valence-corrected chi connectivity index (χ3v) is 5.83. The second kappa shape index (κ2) is 10.3. The Morgan fingerprint density at radius 1 is 1.03 bits per heavy atom. The van der Waals surface area contributed by atoms with E-state index in [0.717, 1.165) is 36.2 Å². The van der Waals surface area contributed by atoms with Crippen molar-refractivity contribution in [3.63, 3.8) is 0 Å². The lowest BCUT2D eigenvalue weighted by molar-refractivity contribution is 0.0153. The van der Waals surface area contributed by atoms with Gasteiger partial charge in [0.15, 0.2) is 0 Å². The maximum atomic E-state index is 12.3. The average molecular weight is 453 g/mol. The number of nitrogens with zero attached hydrogens (tertiary/aromatic N) is 4. The summed E-state index contributed by atoms with van der Waals surface area (Å²) in [6.07, 6.45) is 3.56. The van der Waals surface area contributed by atoms with Crippen molar-refractivity contribution in [2.24, 2.45) is 0 Å². The van der Waals surface area contributed by atoms with Crippen molar-refractivity contribution >= 4 is 12.0 Å². The third-order valence-electron chi connectivity index (χ3n) is 5.83. The second-order valence-electron chi connectivity index (χ2n) is 9.94. The van der Waals surface area contributed by atoms with Gasteiger partial charge in [-0.3, -0.25) is 14.7 Å². The first kappa shape index (κ1) is 24.7. The lowest BCUT2D eigenvalue weighted by Gasteiger charge is -2.37. The Hall–Kier alpha value is -2.93. The minimum atomic E-state index is -0.463. The number of carbonyl (C=O) groups is 2. The highest BCUT2D eigenvalue weighted by molar-refractivity contribution is 5.94. The topological polar surface area (TPSA) is 66.0 Å². The second-order valence-corrected chi connectivity index (χ2v) is 9.94. The van der Waals surface area contributed by atoms with Crippen molar-refractivity contribution in [1.29, 1.82) is 0 Å². The molecule has 0 spiro atoms. The molecule has 2 aromatic rings. The standard InChI is InChI=1S/C26H36N4O3/c1-26(2,3)33-25(32)30-15-13-22(14-16-30)29(6)18-19-7-12-23(27-17-19)20-8-10-21(11-9-20)24(31)28(4)5/h7-12,17,22H,13-16,18H2,1-6H3. The van der Waals surface area contributed by atoms with Gasteiger partial charge in [0.05, 0.1) is 5.69 Å². The zero-order valence-corrected chi connectivity index (χ0v) is 20.7. The molecule has 1 aliphatic heterocycles. The predicted molar refractivity (Wildman–Crippen MR) is 130 cm³/mol. The summed E-state index contributed by atoms with van der Waals surface area (Å²) in [5.74, 6) is -0.00942. The lowest BCUT2D eigenvalue weighted by atomic mass is 10.0. The highest BCUT2D eigenvalue weighted by atomic mass is 16.6. The third kappa shape index (κ3) is 6.78. The number of hydrogen-bond acceptors (Lipinski definition) is 5. The van der Waals surface area contributed by atoms with E-state index in [1.165, 1.54) is 0 Å². The van der Waals surface area contributed by atoms with E-state index in [0.29, 0.717) is 24.7 Å². The van der Waals surface area contributed by atoms with Gasteiger partial charge in [0, 0.05) is 57.1 Å². The van der Waals surface area contributed by atoms with Gasteiger partial charge in [-0.25, -0.2) is 4.79 Å². The molecule has 0 radical (unpaired) electrons. The number of benzene rings is 1. The number of amides is 2. The van der Waals surface area contributed by atoms with Crippen molar-refractivity contribution in [2.75, 3.05) is 34.2 Å². The van der Waals surface area contributed by atoms with Gasteiger partial charge in [-0.05, 0) is 64.4 Å². The largest absolute Gasteiger partial charge is 0.444 e. The predicted octanol–water partition coefficient (Wildman–Crippen LogP) is 4.28. The van der Waals surface area contributed by atoms with Gasteiger partial charge in [0.25, 0.3) is 5.91 Å². The fraction of sp³-hybridized carbons (Fsp3) is 0.500. The summed E-state index contributed by atoms with van der Waals surface area (Å²) in [5.41, 5.74) is 3.22. The molecule has 7 heteroatoms. The number of piperidine rings is 1. The van der Waals surface area contributed by atoms with Crippen LogP contribution >= 0.6 is 0 Å². The molecule has 0 atom stereocenters. The average Bonchev–Trinajstić information content (AvgIpc) is 2.78. The van der Waals surface area contributed by atoms with Crippen LogP contribution in [0, 0.1) is 0 Å². The van der Waals surface area contributed by atoms with Crippen LogP contribution in [0.15, 0.2) is 42.6 Å². The summed E-state index contributed by atoms with van der Waals surface area (Å²) < 4.78 is 5.49. The first-order valence-electron chi connectivity index (χ1n) is 11.5. The fourth-order valence-corrected chi connectivity index (χ4v) is 3.96. The molecule has 178 valence electrons. The van der Waals surface area contributed by atoms with Crippen LogP contribution in [0.3, 0.4) is 0 Å². The monoisotopic (exact) mass is 452 g/mol. The minimum absolute atomic E-state index is 0.00942. The zero-order valence-electron chi connectivity index (χ0n) is 20.7. The van der Waals surface area contributed by atoms with E-state index in [4.69, 9.17) is 4.74 Å². The molecular weight excluding hydrogens is 416 g/mol. The van der Waals surface area contributed by atoms with Gasteiger partial charge in [-0.2, -0.15) is 0 Å². The summed E-state index contributed by atoms with van der Waals surface area (Å²) in [5, 5.41) is 0. The van der Waals surface area contributed by atoms with Gasteiger partial charge in [-0.1, -0.05) is 18.2 Å². The highest BCUT2D eigenvalue weighted by Crippen LogP contribution is 2.22. The molecule has 0 aliphatic carbocycles. The van der Waals surface area contributed by atoms with Crippen LogP contribution in [-0.2, 0) is 11.3 Å². The number of hydrogen-bond donors (Lipinski definition) is 0. The number of aromatic nitrogens is 1. The first-order valence-corrected chi connectivity index (χ1v) is 11.5. The molecule has 2 amide bonds. The van der Waals surface area contributed by atoms with Crippen LogP contribution in [0.5, 0.6) is 0 Å². The van der Waals surface area contributed by atoms with E-state index in [1.807, 2.05) is 62.2 Å². The number of carbonyl (C=O) groups excluding carboxylic acids is 2. The van der Waals surface area contributed by atoms with E-state index in [2.05, 4.69) is 23.0 Å². The molecule has 0 saturated carbocycles. The van der Waals surface area contributed by atoms with Crippen LogP contribution in [0.25, 0.3) is 11.3 Å². The normalized spacial score (nSPS) is 14.9. The van der Waals surface area contributed by atoms with Gasteiger partial charge in [0.1, 0.15) is 5.60 Å². The molecule has 1 fully saturated rings. The first-order chi connectivity index (χ1) is 15.5. The molecular formula is C26H36N4O3. The molecule has 0 N–H and O–H groups in total. The number of pyridine rings is 1. The number of likely N-dealkylation sites (tertiary alicyclic amines) is 1. The summed E-state index contributed by atoms with van der Waals surface area (Å²) in [4.78, 5) is 34.7. The van der Waals surface area contributed by atoms with Crippen molar-refractivity contribution in [2.45, 2.75) is 51.8 Å². The van der Waals surface area contributed by atoms with Gasteiger partial charge < -0.3 is 14.5 Å². The SMILES string of the molecule is CN(C)C(=O)c1ccc(-c2ccc(CN(C)C3CCN(C(=O)OC(C)(C)C)CC3)cn2)cc1. The summed E-state index contributed by atoms with van der Waals surface area (Å²) >= 11 is 0. The molecule has 1 aliphatic rings. The molecule has 1 aromatic carbocycles. The van der Waals surface area contributed by atoms with Gasteiger partial charge >= 0.3 is 6.09 Å². The zero-order chi connectivity index (χ0) is 24.2. The van der Waals surface area contributed by atoms with E-state index in [9.17, 15) is 9.59 Å². The molecule has 2 heterocycles. The van der Waals surface area contributed by atoms with E-state index in [1.54, 1.807) is 19.0 Å². The lowest BCUT2D eigenvalue weighted by Crippen LogP contribution is -2.46. The maximum absolute atomic E-state index is 12.3. The van der Waals surface area contributed by atoms with E-state index < -0.39 is 5.60 Å². The van der Waals surface area contributed by atoms with Crippen molar-refractivity contribution in [3.05, 3.63) is 53.7 Å². The van der Waals surface area contributed by atoms with Crippen molar-refractivity contribution < 1.29 is 14.3 Å². The van der Waals surface area contributed by atoms with Crippen LogP contribution < -0.4 is 0 Å². The summed E-state index contributed by atoms with van der Waals surface area (Å²) in [6.45, 7) is 7.92. The quantitative estimate of drug-likeness (QED) is 0.677. The van der Waals surface area contributed by atoms with Crippen LogP contribution in [0.4, 0.5) is 4.79 Å². The molecule has 1 aromatic heterocycles. The van der Waals surface area contributed by atoms with Crippen LogP contribution in [0.1, 0.15) is 49.5 Å². The minimum Gasteiger partial charge on any atom is -0.444 e. The fourth-order valence-electron chi connectivity index (χ4n) is 3.96. The van der Waals surface area contributed by atoms with Crippen molar-refractivity contribution in [1.82, 2.24) is 19.7 Å². The van der Waals surface area contributed by atoms with Crippen LogP contribution in [-0.4, -0.2) is 77.6 Å². The Balaban J connectivity index is 1.53. The summed E-state index contributed by atoms with van der Waals surface area (Å²) in [6, 6.07) is 12.1. The maximum Gasteiger partial charge on any atom is 0.410 e. The Bertz CT molecular complexity index is 941. The molecule has 0 bridgehead atoms. The molecule has 3 rings (SSSR count). The smallest absolute Gasteiger partial charge is 0.410 e. The molecule has 33 heavy (non-hydrogen) atoms.